The predicted octanol–water partition coefficient (Wildman–Crippen LogP) is 19.0. The standard InChI is InChI=1S/C15H21ClO3S.C13H17ClO3S.C12H18O2S.C11H13ClN4.C11H14N4.C11H17NO2S.C11H16O2S.C10H15BO2/c1-10(2)20(18,19)9-14(17)11-6-7-12(13(16)8-11)15(3,4)5;1-13(2,3)10-6-5-9(7-11(10)14)12(15)8-18(4,16)17;1-12(2,3)11-7-5-6-10(8-11)9-15(4,13)14;1-11(2,3)8-5-4-7(6-9(8)12)10-13-15-16-14-10;1-11(2,3)9-6-4-5-8(7-9)10-12-14-15-13-10;1-11(2,3)9-6-5-7-10(8-9)15(13,14)12-4;1-11(2,3)9-5-7-10(8-6-9)14(4,12)13;1-10(2,3)8-4-6-9(7-5-8)11(12)13/h6-8,10H,9H2,1-5H3;5-7H,8H2,1-4H3;5-8H,9H2,1-4H3;4-6H,1-3H3,(H,13,14,15,16);4-7H,1-3H3,(H,12,13,14,15);5-8,12H,1-4H3;5-8H,1-4H3;4-7,12-13H,1-3H3. The van der Waals surface area contributed by atoms with Crippen LogP contribution >= 0.6 is 34.8 Å². The number of sulfone groups is 4. The number of carbonyl (C=O) groups is 2. The maximum atomic E-state index is 12.0. The van der Waals surface area contributed by atoms with Crippen LogP contribution in [0.3, 0.4) is 0 Å². The van der Waals surface area contributed by atoms with E-state index in [-0.39, 0.29) is 49.1 Å². The van der Waals surface area contributed by atoms with Gasteiger partial charge in [-0.3, -0.25) is 9.59 Å². The number of halogens is 3. The van der Waals surface area contributed by atoms with E-state index in [4.69, 9.17) is 44.9 Å². The molecule has 8 aromatic carbocycles. The van der Waals surface area contributed by atoms with E-state index in [0.29, 0.717) is 48.1 Å². The van der Waals surface area contributed by atoms with Gasteiger partial charge in [-0.15, -0.1) is 20.4 Å². The van der Waals surface area contributed by atoms with Gasteiger partial charge >= 0.3 is 7.12 Å². The molecule has 126 heavy (non-hydrogen) atoms. The van der Waals surface area contributed by atoms with Crippen molar-refractivity contribution in [3.05, 3.63) is 252 Å². The summed E-state index contributed by atoms with van der Waals surface area (Å²) in [5.74, 6) is -0.491. The van der Waals surface area contributed by atoms with Crippen LogP contribution in [-0.2, 0) is 98.4 Å². The zero-order valence-electron chi connectivity index (χ0n) is 78.7. The lowest BCUT2D eigenvalue weighted by Gasteiger charge is -2.21. The van der Waals surface area contributed by atoms with Crippen molar-refractivity contribution in [1.29, 1.82) is 0 Å². The lowest BCUT2D eigenvalue weighted by molar-refractivity contribution is 0.101. The Labute approximate surface area is 766 Å². The molecule has 2 heterocycles. The molecule has 10 aromatic rings. The third kappa shape index (κ3) is 38.6. The number of carbonyl (C=O) groups excluding carboxylic acids is 2. The monoisotopic (exact) mass is 1890 g/mol. The van der Waals surface area contributed by atoms with Crippen molar-refractivity contribution in [1.82, 2.24) is 46.0 Å². The molecule has 5 N–H and O–H groups in total. The molecule has 23 nitrogen and oxygen atoms in total. The van der Waals surface area contributed by atoms with E-state index in [1.54, 1.807) is 86.6 Å². The van der Waals surface area contributed by atoms with E-state index in [0.717, 1.165) is 55.8 Å². The summed E-state index contributed by atoms with van der Waals surface area (Å²) in [5.41, 5.74) is 12.8. The minimum atomic E-state index is -3.39. The van der Waals surface area contributed by atoms with Gasteiger partial charge in [0.15, 0.2) is 50.9 Å². The van der Waals surface area contributed by atoms with E-state index in [1.807, 2.05) is 126 Å². The van der Waals surface area contributed by atoms with E-state index < -0.39 is 84.8 Å². The number of Topliss-reactive ketones (excluding diaryl/α,β-unsaturated/α-hetero) is 2. The number of hydrogen-bond donors (Lipinski definition) is 5. The van der Waals surface area contributed by atoms with Crippen LogP contribution < -0.4 is 10.2 Å². The van der Waals surface area contributed by atoms with E-state index in [1.165, 1.54) is 42.3 Å². The van der Waals surface area contributed by atoms with Crippen LogP contribution in [0.4, 0.5) is 0 Å². The second kappa shape index (κ2) is 45.4. The van der Waals surface area contributed by atoms with Gasteiger partial charge in [0, 0.05) is 56.1 Å². The van der Waals surface area contributed by atoms with Gasteiger partial charge in [0.25, 0.3) is 0 Å². The Morgan fingerprint density at radius 2 is 0.754 bits per heavy atom. The fourth-order valence-electron chi connectivity index (χ4n) is 11.3. The number of benzene rings is 8. The van der Waals surface area contributed by atoms with Crippen molar-refractivity contribution in [2.24, 2.45) is 0 Å². The molecule has 32 heteroatoms. The lowest BCUT2D eigenvalue weighted by Crippen LogP contribution is -2.29. The van der Waals surface area contributed by atoms with Gasteiger partial charge in [-0.1, -0.05) is 328 Å². The number of tetrazole rings is 2. The van der Waals surface area contributed by atoms with Gasteiger partial charge in [0.05, 0.1) is 20.8 Å². The summed E-state index contributed by atoms with van der Waals surface area (Å²) in [6, 6.07) is 53.2. The highest BCUT2D eigenvalue weighted by atomic mass is 35.5. The van der Waals surface area contributed by atoms with Crippen molar-refractivity contribution in [3.8, 4) is 22.8 Å². The van der Waals surface area contributed by atoms with Crippen molar-refractivity contribution in [2.75, 3.05) is 37.3 Å². The fourth-order valence-corrected chi connectivity index (χ4v) is 16.4. The van der Waals surface area contributed by atoms with Gasteiger partial charge in [0.1, 0.15) is 11.5 Å². The number of ketones is 2. The number of aromatic nitrogens is 8. The van der Waals surface area contributed by atoms with E-state index >= 15 is 0 Å². The summed E-state index contributed by atoms with van der Waals surface area (Å²) in [7, 11) is -16.0. The summed E-state index contributed by atoms with van der Waals surface area (Å²) >= 11 is 18.6. The summed E-state index contributed by atoms with van der Waals surface area (Å²) in [6.45, 7) is 53.4. The Balaban J connectivity index is 0.000000373. The van der Waals surface area contributed by atoms with Crippen LogP contribution in [0.1, 0.15) is 251 Å². The molecule has 0 fully saturated rings. The summed E-state index contributed by atoms with van der Waals surface area (Å²) in [4.78, 5) is 24.5. The first-order chi connectivity index (χ1) is 57.1. The van der Waals surface area contributed by atoms with E-state index in [2.05, 4.69) is 183 Å². The second-order valence-corrected chi connectivity index (χ2v) is 51.2. The molecule has 0 spiro atoms. The molecule has 0 aliphatic rings. The van der Waals surface area contributed by atoms with Crippen molar-refractivity contribution < 1.29 is 61.7 Å². The number of aromatic amines is 2. The number of sulfonamides is 1. The number of hydrogen-bond acceptors (Lipinski definition) is 20. The molecule has 0 aliphatic carbocycles. The van der Waals surface area contributed by atoms with Crippen molar-refractivity contribution >= 4 is 108 Å². The third-order valence-corrected chi connectivity index (χ3v) is 26.3. The molecule has 0 atom stereocenters. The minimum Gasteiger partial charge on any atom is -0.423 e. The molecular formula is C94H131BCl3N9O14S5. The normalized spacial score (nSPS) is 12.3. The Morgan fingerprint density at radius 1 is 0.397 bits per heavy atom. The van der Waals surface area contributed by atoms with Crippen molar-refractivity contribution in [2.45, 2.75) is 244 Å². The summed E-state index contributed by atoms with van der Waals surface area (Å²) in [6.07, 6.45) is 3.52. The number of rotatable bonds is 15. The molecular weight excluding hydrogens is 1760 g/mol. The molecule has 690 valence electrons. The Morgan fingerprint density at radius 3 is 1.09 bits per heavy atom. The molecule has 2 aromatic heterocycles. The first-order valence-electron chi connectivity index (χ1n) is 40.6. The van der Waals surface area contributed by atoms with Gasteiger partial charge in [-0.05, 0) is 179 Å². The lowest BCUT2D eigenvalue weighted by atomic mass is 9.78. The maximum Gasteiger partial charge on any atom is 0.488 e. The minimum absolute atomic E-state index is 0.0346. The highest BCUT2D eigenvalue weighted by Crippen LogP contribution is 2.35. The van der Waals surface area contributed by atoms with Crippen LogP contribution in [0.5, 0.6) is 0 Å². The molecule has 0 saturated carbocycles. The first kappa shape index (κ1) is 112. The van der Waals surface area contributed by atoms with Gasteiger partial charge in [0.2, 0.25) is 21.7 Å². The van der Waals surface area contributed by atoms with Gasteiger partial charge in [-0.2, -0.15) is 10.4 Å². The Bertz CT molecular complexity index is 5850. The molecule has 10 rings (SSSR count). The number of nitrogens with one attached hydrogen (secondary N) is 3. The zero-order chi connectivity index (χ0) is 96.9. The molecule has 0 saturated heterocycles. The second-order valence-electron chi connectivity index (χ2n) is 39.2. The predicted molar refractivity (Wildman–Crippen MR) is 518 cm³/mol. The third-order valence-electron chi connectivity index (χ3n) is 19.1. The summed E-state index contributed by atoms with van der Waals surface area (Å²) < 4.78 is 116. The van der Waals surface area contributed by atoms with Crippen LogP contribution in [-0.4, -0.2) is 155 Å². The quantitative estimate of drug-likeness (QED) is 0.0470. The highest BCUT2D eigenvalue weighted by molar-refractivity contribution is 7.92. The molecule has 0 amide bonds. The number of H-pyrrole nitrogens is 2. The van der Waals surface area contributed by atoms with Crippen molar-refractivity contribution in [3.63, 3.8) is 0 Å². The Kier molecular flexibility index (Phi) is 40.3. The molecule has 0 bridgehead atoms. The fraction of sp³-hybridized carbons (Fsp3) is 0.447. The molecule has 0 radical (unpaired) electrons. The largest absolute Gasteiger partial charge is 0.488 e. The summed E-state index contributed by atoms with van der Waals surface area (Å²) in [5, 5.41) is 46.6. The van der Waals surface area contributed by atoms with E-state index in [9.17, 15) is 51.7 Å². The average Bonchev–Trinajstić information content (AvgIpc) is 1.45. The number of nitrogens with zero attached hydrogens (tertiary/aromatic N) is 6. The van der Waals surface area contributed by atoms with Gasteiger partial charge in [-0.25, -0.2) is 46.8 Å². The van der Waals surface area contributed by atoms with Crippen LogP contribution in [0.2, 0.25) is 15.1 Å². The zero-order valence-corrected chi connectivity index (χ0v) is 85.0. The SMILES string of the molecule is CC(C)(C)c1ccc(-c2nn[nH]n2)cc1Cl.CC(C)(C)c1ccc(B(O)O)cc1.CC(C)(C)c1ccc(C(=O)CS(C)(=O)=O)cc1Cl.CC(C)(C)c1ccc(S(C)(=O)=O)cc1.CC(C)(C)c1cccc(-c2nn[nH]n2)c1.CC(C)(C)c1cccc(CS(C)(=O)=O)c1.CC(C)S(=O)(=O)CC(=O)c1ccc(C(C)(C)C)c(Cl)c1.CNS(=O)(=O)c1cccc(C(C)(C)C)c1. The van der Waals surface area contributed by atoms with Crippen LogP contribution in [0.15, 0.2) is 186 Å². The highest BCUT2D eigenvalue weighted by Gasteiger charge is 2.27. The first-order valence-corrected chi connectivity index (χ1v) is 51.0. The average molecular weight is 1890 g/mol. The smallest absolute Gasteiger partial charge is 0.423 e. The Hall–Kier alpha value is -8.20. The van der Waals surface area contributed by atoms with Crippen LogP contribution in [0.25, 0.3) is 22.8 Å². The molecule has 0 aliphatic heterocycles. The topological polar surface area (TPSA) is 366 Å². The van der Waals surface area contributed by atoms with Crippen LogP contribution in [0, 0.1) is 0 Å². The molecule has 0 unspecified atom stereocenters. The maximum absolute atomic E-state index is 12.0. The van der Waals surface area contributed by atoms with Gasteiger partial charge < -0.3 is 10.0 Å².